The predicted molar refractivity (Wildman–Crippen MR) is 53.6 cm³/mol. The van der Waals surface area contributed by atoms with Gasteiger partial charge in [-0.15, -0.1) is 0 Å². The molecule has 82 valence electrons. The lowest BCUT2D eigenvalue weighted by atomic mass is 10.2. The zero-order chi connectivity index (χ0) is 11.4. The average Bonchev–Trinajstić information content (AvgIpc) is 2.63. The quantitative estimate of drug-likeness (QED) is 0.689. The van der Waals surface area contributed by atoms with Crippen LogP contribution >= 0.6 is 0 Å². The van der Waals surface area contributed by atoms with Gasteiger partial charge >= 0.3 is 0 Å². The van der Waals surface area contributed by atoms with Gasteiger partial charge in [-0.2, -0.15) is 5.26 Å². The summed E-state index contributed by atoms with van der Waals surface area (Å²) >= 11 is 0. The fraction of sp³-hybridized carbons (Fsp3) is 0.700. The van der Waals surface area contributed by atoms with Gasteiger partial charge in [0, 0.05) is 26.1 Å². The number of hydrogen-bond donors (Lipinski definition) is 1. The molecule has 1 aliphatic rings. The Morgan fingerprint density at radius 1 is 1.60 bits per heavy atom. The molecule has 2 amide bonds. The molecule has 2 atom stereocenters. The summed E-state index contributed by atoms with van der Waals surface area (Å²) in [6.07, 6.45) is 0.767. The van der Waals surface area contributed by atoms with Crippen molar-refractivity contribution in [1.29, 1.82) is 5.26 Å². The third-order valence-electron chi connectivity index (χ3n) is 2.47. The van der Waals surface area contributed by atoms with Crippen molar-refractivity contribution < 1.29 is 9.59 Å². The molecule has 5 nitrogen and oxygen atoms in total. The molecule has 2 unspecified atom stereocenters. The van der Waals surface area contributed by atoms with E-state index in [1.807, 2.05) is 6.07 Å². The molecule has 0 spiro atoms. The van der Waals surface area contributed by atoms with E-state index in [9.17, 15) is 9.59 Å². The highest BCUT2D eigenvalue weighted by molar-refractivity contribution is 5.81. The number of nitrogens with zero attached hydrogens (tertiary/aromatic N) is 2. The predicted octanol–water partition coefficient (Wildman–Crippen LogP) is -0.117. The van der Waals surface area contributed by atoms with Gasteiger partial charge in [0.05, 0.1) is 6.07 Å². The largest absolute Gasteiger partial charge is 0.352 e. The summed E-state index contributed by atoms with van der Waals surface area (Å²) in [5, 5.41) is 11.4. The second kappa shape index (κ2) is 4.78. The number of amides is 2. The number of carbonyl (C=O) groups excluding carboxylic acids is 2. The second-order valence-corrected chi connectivity index (χ2v) is 3.82. The average molecular weight is 209 g/mol. The molecule has 0 aromatic carbocycles. The molecule has 0 aromatic rings. The highest BCUT2D eigenvalue weighted by Crippen LogP contribution is 2.12. The summed E-state index contributed by atoms with van der Waals surface area (Å²) in [6, 6.07) is 1.96. The molecule has 1 fully saturated rings. The number of nitriles is 1. The van der Waals surface area contributed by atoms with Crippen molar-refractivity contribution >= 4 is 11.8 Å². The Morgan fingerprint density at radius 3 is 2.80 bits per heavy atom. The van der Waals surface area contributed by atoms with E-state index in [1.165, 1.54) is 6.92 Å². The van der Waals surface area contributed by atoms with Crippen molar-refractivity contribution in [3.05, 3.63) is 0 Å². The first kappa shape index (κ1) is 11.5. The van der Waals surface area contributed by atoms with Gasteiger partial charge in [0.25, 0.3) is 0 Å². The zero-order valence-electron chi connectivity index (χ0n) is 8.99. The third kappa shape index (κ3) is 2.94. The van der Waals surface area contributed by atoms with E-state index in [0.717, 1.165) is 6.42 Å². The monoisotopic (exact) mass is 209 g/mol. The number of rotatable bonds is 2. The van der Waals surface area contributed by atoms with Crippen molar-refractivity contribution in [2.24, 2.45) is 5.92 Å². The van der Waals surface area contributed by atoms with Crippen LogP contribution in [0.1, 0.15) is 20.3 Å². The first-order chi connectivity index (χ1) is 7.04. The maximum Gasteiger partial charge on any atom is 0.239 e. The van der Waals surface area contributed by atoms with Crippen LogP contribution in [0.25, 0.3) is 0 Å². The Hall–Kier alpha value is -1.57. The van der Waals surface area contributed by atoms with Gasteiger partial charge in [-0.3, -0.25) is 9.59 Å². The van der Waals surface area contributed by atoms with Crippen LogP contribution in [0.15, 0.2) is 0 Å². The van der Waals surface area contributed by atoms with Crippen LogP contribution in [0, 0.1) is 17.2 Å². The molecule has 1 N–H and O–H groups in total. The van der Waals surface area contributed by atoms with Crippen molar-refractivity contribution in [2.75, 3.05) is 13.1 Å². The molecule has 1 rings (SSSR count). The van der Waals surface area contributed by atoms with Gasteiger partial charge in [0.1, 0.15) is 5.92 Å². The molecule has 0 radical (unpaired) electrons. The normalized spacial score (nSPS) is 21.9. The van der Waals surface area contributed by atoms with Crippen LogP contribution < -0.4 is 5.32 Å². The summed E-state index contributed by atoms with van der Waals surface area (Å²) < 4.78 is 0. The van der Waals surface area contributed by atoms with Crippen molar-refractivity contribution in [1.82, 2.24) is 10.2 Å². The molecule has 15 heavy (non-hydrogen) atoms. The molecule has 1 aliphatic heterocycles. The van der Waals surface area contributed by atoms with Crippen LogP contribution in [-0.4, -0.2) is 35.8 Å². The minimum Gasteiger partial charge on any atom is -0.352 e. The molecule has 1 saturated heterocycles. The van der Waals surface area contributed by atoms with Gasteiger partial charge < -0.3 is 10.2 Å². The molecule has 1 heterocycles. The van der Waals surface area contributed by atoms with Gasteiger partial charge in [0.15, 0.2) is 0 Å². The summed E-state index contributed by atoms with van der Waals surface area (Å²) in [5.41, 5.74) is 0. The molecule has 0 bridgehead atoms. The summed E-state index contributed by atoms with van der Waals surface area (Å²) in [6.45, 7) is 4.19. The maximum absolute atomic E-state index is 11.6. The smallest absolute Gasteiger partial charge is 0.239 e. The minimum absolute atomic E-state index is 0.0392. The van der Waals surface area contributed by atoms with E-state index in [4.69, 9.17) is 5.26 Å². The van der Waals surface area contributed by atoms with E-state index < -0.39 is 5.92 Å². The third-order valence-corrected chi connectivity index (χ3v) is 2.47. The first-order valence-corrected chi connectivity index (χ1v) is 5.00. The van der Waals surface area contributed by atoms with Gasteiger partial charge in [-0.1, -0.05) is 0 Å². The molecule has 0 aliphatic carbocycles. The van der Waals surface area contributed by atoms with E-state index in [-0.39, 0.29) is 17.9 Å². The van der Waals surface area contributed by atoms with E-state index >= 15 is 0 Å². The Morgan fingerprint density at radius 2 is 2.27 bits per heavy atom. The Bertz CT molecular complexity index is 308. The number of carbonyl (C=O) groups is 2. The van der Waals surface area contributed by atoms with Crippen LogP contribution in [0.3, 0.4) is 0 Å². The van der Waals surface area contributed by atoms with E-state index in [2.05, 4.69) is 5.32 Å². The van der Waals surface area contributed by atoms with Crippen LogP contribution in [0.5, 0.6) is 0 Å². The highest BCUT2D eigenvalue weighted by Gasteiger charge is 2.29. The van der Waals surface area contributed by atoms with E-state index in [0.29, 0.717) is 13.1 Å². The SMILES string of the molecule is CC(=O)NC1CCN(C(=O)C(C)C#N)C1. The first-order valence-electron chi connectivity index (χ1n) is 5.00. The number of nitrogens with one attached hydrogen (secondary N) is 1. The van der Waals surface area contributed by atoms with Gasteiger partial charge in [-0.25, -0.2) is 0 Å². The van der Waals surface area contributed by atoms with Gasteiger partial charge in [-0.05, 0) is 13.3 Å². The van der Waals surface area contributed by atoms with Crippen LogP contribution in [-0.2, 0) is 9.59 Å². The standard InChI is InChI=1S/C10H15N3O2/c1-7(5-11)10(15)13-4-3-9(6-13)12-8(2)14/h7,9H,3-4,6H2,1-2H3,(H,12,14). The van der Waals surface area contributed by atoms with Crippen molar-refractivity contribution in [3.8, 4) is 6.07 Å². The summed E-state index contributed by atoms with van der Waals surface area (Å²) in [5.74, 6) is -0.825. The van der Waals surface area contributed by atoms with Crippen LogP contribution in [0.4, 0.5) is 0 Å². The molecule has 0 aromatic heterocycles. The Balaban J connectivity index is 2.46. The number of likely N-dealkylation sites (tertiary alicyclic amines) is 1. The van der Waals surface area contributed by atoms with Crippen molar-refractivity contribution in [3.63, 3.8) is 0 Å². The second-order valence-electron chi connectivity index (χ2n) is 3.82. The lowest BCUT2D eigenvalue weighted by Gasteiger charge is -2.17. The topological polar surface area (TPSA) is 73.2 Å². The Labute approximate surface area is 89.0 Å². The molecule has 0 saturated carbocycles. The van der Waals surface area contributed by atoms with Crippen LogP contribution in [0.2, 0.25) is 0 Å². The Kier molecular flexibility index (Phi) is 3.67. The molecular formula is C10H15N3O2. The fourth-order valence-corrected chi connectivity index (χ4v) is 1.69. The van der Waals surface area contributed by atoms with E-state index in [1.54, 1.807) is 11.8 Å². The summed E-state index contributed by atoms with van der Waals surface area (Å²) in [4.78, 5) is 24.0. The number of hydrogen-bond acceptors (Lipinski definition) is 3. The fourth-order valence-electron chi connectivity index (χ4n) is 1.69. The molecular weight excluding hydrogens is 194 g/mol. The summed E-state index contributed by atoms with van der Waals surface area (Å²) in [7, 11) is 0. The maximum atomic E-state index is 11.6. The lowest BCUT2D eigenvalue weighted by molar-refractivity contribution is -0.132. The van der Waals surface area contributed by atoms with Gasteiger partial charge in [0.2, 0.25) is 11.8 Å². The minimum atomic E-state index is -0.596. The molecule has 5 heteroatoms. The lowest BCUT2D eigenvalue weighted by Crippen LogP contribution is -2.38. The zero-order valence-corrected chi connectivity index (χ0v) is 8.99. The highest BCUT2D eigenvalue weighted by atomic mass is 16.2. The van der Waals surface area contributed by atoms with Crippen molar-refractivity contribution in [2.45, 2.75) is 26.3 Å².